The molecule has 0 aliphatic carbocycles. The van der Waals surface area contributed by atoms with Crippen LogP contribution >= 0.6 is 0 Å². The fraction of sp³-hybridized carbons (Fsp3) is 1.00. The van der Waals surface area contributed by atoms with Crippen molar-refractivity contribution in [2.75, 3.05) is 32.8 Å². The highest BCUT2D eigenvalue weighted by atomic mass is 16.7. The van der Waals surface area contributed by atoms with Crippen LogP contribution in [0.25, 0.3) is 0 Å². The zero-order chi connectivity index (χ0) is 27.9. The van der Waals surface area contributed by atoms with Gasteiger partial charge in [-0.3, -0.25) is 9.74 Å². The fourth-order valence-electron chi connectivity index (χ4n) is 6.43. The lowest BCUT2D eigenvalue weighted by atomic mass is 10.0. The summed E-state index contributed by atoms with van der Waals surface area (Å²) in [6, 6.07) is 0.267. The second-order valence-corrected chi connectivity index (χ2v) is 12.2. The molecule has 3 saturated heterocycles. The molecule has 39 heavy (non-hydrogen) atoms. The van der Waals surface area contributed by atoms with Crippen LogP contribution in [0.4, 0.5) is 0 Å². The van der Waals surface area contributed by atoms with Gasteiger partial charge in [0.2, 0.25) is 5.79 Å². The molecular weight excluding hydrogens is 496 g/mol. The van der Waals surface area contributed by atoms with Gasteiger partial charge in [0.1, 0.15) is 31.1 Å². The third-order valence-electron chi connectivity index (χ3n) is 9.00. The van der Waals surface area contributed by atoms with Crippen molar-refractivity contribution < 1.29 is 29.6 Å². The van der Waals surface area contributed by atoms with E-state index in [4.69, 9.17) is 14.3 Å². The van der Waals surface area contributed by atoms with E-state index >= 15 is 0 Å². The Morgan fingerprint density at radius 1 is 0.846 bits per heavy atom. The number of aliphatic hydroxyl groups excluding tert-OH is 2. The smallest absolute Gasteiger partial charge is 0.219 e. The van der Waals surface area contributed by atoms with Crippen molar-refractivity contribution in [3.8, 4) is 0 Å². The number of ether oxygens (including phenoxy) is 2. The van der Waals surface area contributed by atoms with Gasteiger partial charge < -0.3 is 24.8 Å². The molecule has 0 saturated carbocycles. The Morgan fingerprint density at radius 3 is 2.10 bits per heavy atom. The molecule has 0 radical (unpaired) electrons. The Labute approximate surface area is 238 Å². The Hall–Kier alpha value is -0.320. The molecule has 6 atom stereocenters. The van der Waals surface area contributed by atoms with Crippen LogP contribution in [0.15, 0.2) is 0 Å². The molecule has 230 valence electrons. The van der Waals surface area contributed by atoms with Crippen LogP contribution in [0, 0.1) is 0 Å². The van der Waals surface area contributed by atoms with Gasteiger partial charge in [0.15, 0.2) is 0 Å². The molecule has 3 N–H and O–H groups in total. The van der Waals surface area contributed by atoms with Crippen LogP contribution in [-0.2, 0) is 14.3 Å². The molecule has 0 amide bonds. The summed E-state index contributed by atoms with van der Waals surface area (Å²) in [4.78, 5) is 8.41. The first-order chi connectivity index (χ1) is 19.0. The summed E-state index contributed by atoms with van der Waals surface area (Å²) in [5.41, 5.74) is 0. The van der Waals surface area contributed by atoms with Gasteiger partial charge in [-0.15, -0.1) is 0 Å². The number of likely N-dealkylation sites (tertiary alicyclic amines) is 1. The van der Waals surface area contributed by atoms with E-state index in [1.165, 1.54) is 57.8 Å². The summed E-state index contributed by atoms with van der Waals surface area (Å²) in [7, 11) is 0. The summed E-state index contributed by atoms with van der Waals surface area (Å²) < 4.78 is 11.9. The largest absolute Gasteiger partial charge is 0.384 e. The van der Waals surface area contributed by atoms with Crippen molar-refractivity contribution in [2.45, 2.75) is 166 Å². The number of hydrogen-bond acceptors (Lipinski definition) is 8. The topological polar surface area (TPSA) is 94.9 Å². The van der Waals surface area contributed by atoms with Crippen LogP contribution in [0.1, 0.15) is 129 Å². The van der Waals surface area contributed by atoms with Crippen molar-refractivity contribution >= 4 is 0 Å². The van der Waals surface area contributed by atoms with Gasteiger partial charge in [-0.1, -0.05) is 90.9 Å². The predicted octanol–water partition coefficient (Wildman–Crippen LogP) is 5.13. The normalized spacial score (nSPS) is 31.9. The quantitative estimate of drug-likeness (QED) is 0.200. The molecule has 3 rings (SSSR count). The average molecular weight is 557 g/mol. The van der Waals surface area contributed by atoms with Crippen LogP contribution in [0.2, 0.25) is 0 Å². The summed E-state index contributed by atoms with van der Waals surface area (Å²) >= 11 is 0. The maximum atomic E-state index is 11.4. The van der Waals surface area contributed by atoms with E-state index in [-0.39, 0.29) is 12.6 Å². The van der Waals surface area contributed by atoms with Gasteiger partial charge in [-0.05, 0) is 38.5 Å². The summed E-state index contributed by atoms with van der Waals surface area (Å²) in [5.74, 6) is -1.90. The minimum absolute atomic E-state index is 0.133. The third-order valence-corrected chi connectivity index (χ3v) is 9.00. The number of piperidine rings is 1. The number of hydrogen-bond donors (Lipinski definition) is 3. The first-order valence-electron chi connectivity index (χ1n) is 16.5. The molecule has 0 spiro atoms. The van der Waals surface area contributed by atoms with Gasteiger partial charge in [0.05, 0.1) is 0 Å². The minimum Gasteiger partial charge on any atom is -0.384 e. The lowest BCUT2D eigenvalue weighted by molar-refractivity contribution is -0.268. The Morgan fingerprint density at radius 2 is 1.46 bits per heavy atom. The molecule has 0 bridgehead atoms. The van der Waals surface area contributed by atoms with E-state index in [1.807, 2.05) is 9.96 Å². The number of hydroxylamine groups is 2. The first kappa shape index (κ1) is 33.2. The van der Waals surface area contributed by atoms with Crippen molar-refractivity contribution in [2.24, 2.45) is 0 Å². The van der Waals surface area contributed by atoms with E-state index in [0.29, 0.717) is 6.61 Å². The zero-order valence-electron chi connectivity index (χ0n) is 25.1. The zero-order valence-corrected chi connectivity index (χ0v) is 25.1. The van der Waals surface area contributed by atoms with E-state index in [1.54, 1.807) is 0 Å². The SMILES string of the molecule is CCCCCCCCCCCCOC[C@@]1(O)O[C@@H](C(O)N2CCCCCC2)[C@@H](ON2CCCCC2CC)[C@@H]1O. The predicted molar refractivity (Wildman–Crippen MR) is 154 cm³/mol. The summed E-state index contributed by atoms with van der Waals surface area (Å²) in [6.45, 7) is 7.12. The number of unbranched alkanes of at least 4 members (excludes halogenated alkanes) is 9. The molecule has 8 heteroatoms. The van der Waals surface area contributed by atoms with Crippen LogP contribution in [0.3, 0.4) is 0 Å². The van der Waals surface area contributed by atoms with Crippen molar-refractivity contribution in [1.82, 2.24) is 9.96 Å². The molecule has 3 fully saturated rings. The molecule has 3 aliphatic heterocycles. The Bertz CT molecular complexity index is 634. The Kier molecular flexibility index (Phi) is 15.5. The van der Waals surface area contributed by atoms with Gasteiger partial charge in [-0.2, -0.15) is 5.06 Å². The van der Waals surface area contributed by atoms with Gasteiger partial charge >= 0.3 is 0 Å². The van der Waals surface area contributed by atoms with E-state index in [0.717, 1.165) is 77.4 Å². The average Bonchev–Trinajstić information content (AvgIpc) is 3.12. The molecule has 3 aliphatic rings. The van der Waals surface area contributed by atoms with Crippen LogP contribution in [0.5, 0.6) is 0 Å². The maximum absolute atomic E-state index is 11.4. The molecular formula is C31H60N2O6. The highest BCUT2D eigenvalue weighted by molar-refractivity contribution is 4.99. The number of nitrogens with zero attached hydrogens (tertiary/aromatic N) is 2. The molecule has 0 aromatic carbocycles. The molecule has 8 nitrogen and oxygen atoms in total. The molecule has 0 aromatic rings. The standard InChI is InChI=1S/C31H60N2O6/c1-3-5-6-7-8-9-10-11-14-19-24-37-25-31(36)29(34)27(39-33-23-18-15-20-26(33)4-2)28(38-31)30(35)32-21-16-12-13-17-22-32/h26-30,34-36H,3-25H2,1-2H3/t26?,27-,28-,29+,30?,31-/m1/s1. The van der Waals surface area contributed by atoms with E-state index in [2.05, 4.69) is 13.8 Å². The van der Waals surface area contributed by atoms with Crippen LogP contribution < -0.4 is 0 Å². The van der Waals surface area contributed by atoms with E-state index in [9.17, 15) is 15.3 Å². The molecule has 0 aromatic heterocycles. The highest BCUT2D eigenvalue weighted by Gasteiger charge is 2.58. The molecule has 2 unspecified atom stereocenters. The lowest BCUT2D eigenvalue weighted by Crippen LogP contribution is -2.54. The van der Waals surface area contributed by atoms with Crippen molar-refractivity contribution in [1.29, 1.82) is 0 Å². The van der Waals surface area contributed by atoms with Crippen molar-refractivity contribution in [3.05, 3.63) is 0 Å². The summed E-state index contributed by atoms with van der Waals surface area (Å²) in [6.07, 6.45) is 17.1. The van der Waals surface area contributed by atoms with E-state index < -0.39 is 30.3 Å². The second kappa shape index (κ2) is 18.3. The number of aliphatic hydroxyl groups is 3. The second-order valence-electron chi connectivity index (χ2n) is 12.2. The minimum atomic E-state index is -1.90. The first-order valence-corrected chi connectivity index (χ1v) is 16.5. The summed E-state index contributed by atoms with van der Waals surface area (Å²) in [5, 5.41) is 36.0. The lowest BCUT2D eigenvalue weighted by Gasteiger charge is -2.39. The van der Waals surface area contributed by atoms with Gasteiger partial charge in [-0.25, -0.2) is 0 Å². The maximum Gasteiger partial charge on any atom is 0.219 e. The monoisotopic (exact) mass is 556 g/mol. The molecule has 3 heterocycles. The fourth-order valence-corrected chi connectivity index (χ4v) is 6.43. The Balaban J connectivity index is 1.49. The van der Waals surface area contributed by atoms with Crippen LogP contribution in [-0.4, -0.2) is 94.5 Å². The van der Waals surface area contributed by atoms with Gasteiger partial charge in [0.25, 0.3) is 0 Å². The van der Waals surface area contributed by atoms with Crippen molar-refractivity contribution in [3.63, 3.8) is 0 Å². The highest BCUT2D eigenvalue weighted by Crippen LogP contribution is 2.36. The number of rotatable bonds is 18. The van der Waals surface area contributed by atoms with Gasteiger partial charge in [0, 0.05) is 32.3 Å². The third kappa shape index (κ3) is 10.5.